The van der Waals surface area contributed by atoms with E-state index in [1.165, 1.54) is 0 Å². The van der Waals surface area contributed by atoms with Crippen molar-refractivity contribution >= 4 is 33.4 Å². The molecule has 0 atom stereocenters. The summed E-state index contributed by atoms with van der Waals surface area (Å²) in [6.07, 6.45) is 0. The summed E-state index contributed by atoms with van der Waals surface area (Å²) in [7, 11) is 0. The number of hydrogen-bond acceptors (Lipinski definition) is 2. The summed E-state index contributed by atoms with van der Waals surface area (Å²) in [6, 6.07) is 13.3. The molecule has 0 amide bonds. The maximum absolute atomic E-state index is 13.9. The fourth-order valence-corrected chi connectivity index (χ4v) is 2.84. The van der Waals surface area contributed by atoms with Gasteiger partial charge in [0.05, 0.1) is 16.4 Å². The summed E-state index contributed by atoms with van der Waals surface area (Å²) < 4.78 is 33.1. The van der Waals surface area contributed by atoms with Crippen LogP contribution in [0.4, 0.5) is 8.78 Å². The van der Waals surface area contributed by atoms with Crippen LogP contribution >= 0.6 is 11.6 Å². The number of H-pyrrole nitrogens is 1. The van der Waals surface area contributed by atoms with Gasteiger partial charge in [0.15, 0.2) is 5.43 Å². The van der Waals surface area contributed by atoms with Gasteiger partial charge < -0.3 is 9.72 Å². The molecule has 0 spiro atoms. The molecule has 4 rings (SSSR count). The second-order valence-electron chi connectivity index (χ2n) is 5.53. The average molecular weight is 358 g/mol. The van der Waals surface area contributed by atoms with Gasteiger partial charge in [-0.3, -0.25) is 4.79 Å². The number of aromatic nitrogens is 1. The van der Waals surface area contributed by atoms with Gasteiger partial charge in [0.1, 0.15) is 23.1 Å². The molecular weight excluding hydrogens is 348 g/mol. The van der Waals surface area contributed by atoms with Gasteiger partial charge in [-0.05, 0) is 42.5 Å². The fourth-order valence-electron chi connectivity index (χ4n) is 2.71. The van der Waals surface area contributed by atoms with E-state index in [0.29, 0.717) is 33.5 Å². The second kappa shape index (κ2) is 5.86. The number of halogens is 3. The van der Waals surface area contributed by atoms with Gasteiger partial charge in [0.2, 0.25) is 0 Å². The molecule has 0 unspecified atom stereocenters. The number of fused-ring (bicyclic) bond motifs is 2. The topological polar surface area (TPSA) is 42.1 Å². The van der Waals surface area contributed by atoms with Crippen molar-refractivity contribution in [1.29, 1.82) is 0 Å². The summed E-state index contributed by atoms with van der Waals surface area (Å²) >= 11 is 5.83. The van der Waals surface area contributed by atoms with Crippen LogP contribution in [0.2, 0.25) is 5.02 Å². The van der Waals surface area contributed by atoms with E-state index in [1.54, 1.807) is 42.5 Å². The molecule has 0 saturated carbocycles. The Balaban J connectivity index is 1.86. The van der Waals surface area contributed by atoms with Gasteiger partial charge in [-0.15, -0.1) is 0 Å². The lowest BCUT2D eigenvalue weighted by molar-refractivity contribution is 0.483. The van der Waals surface area contributed by atoms with Crippen molar-refractivity contribution < 1.29 is 13.5 Å². The minimum Gasteiger partial charge on any atom is -0.457 e. The molecular formula is C19H10ClF2NO2. The molecule has 124 valence electrons. The van der Waals surface area contributed by atoms with Gasteiger partial charge in [0, 0.05) is 22.5 Å². The van der Waals surface area contributed by atoms with E-state index >= 15 is 0 Å². The van der Waals surface area contributed by atoms with Crippen molar-refractivity contribution in [3.8, 4) is 11.5 Å². The molecule has 3 aromatic carbocycles. The van der Waals surface area contributed by atoms with Crippen molar-refractivity contribution in [2.45, 2.75) is 0 Å². The molecule has 1 N–H and O–H groups in total. The van der Waals surface area contributed by atoms with E-state index in [2.05, 4.69) is 4.98 Å². The Morgan fingerprint density at radius 2 is 1.60 bits per heavy atom. The Bertz CT molecular complexity index is 1170. The predicted molar refractivity (Wildman–Crippen MR) is 93.5 cm³/mol. The van der Waals surface area contributed by atoms with Gasteiger partial charge in [-0.2, -0.15) is 0 Å². The monoisotopic (exact) mass is 357 g/mol. The Hall–Kier alpha value is -2.92. The highest BCUT2D eigenvalue weighted by atomic mass is 35.5. The third kappa shape index (κ3) is 2.83. The first-order valence-electron chi connectivity index (χ1n) is 7.39. The van der Waals surface area contributed by atoms with Crippen LogP contribution in [-0.4, -0.2) is 4.98 Å². The molecule has 0 aliphatic rings. The number of benzene rings is 3. The van der Waals surface area contributed by atoms with Crippen LogP contribution in [0.25, 0.3) is 21.8 Å². The zero-order valence-electron chi connectivity index (χ0n) is 12.6. The van der Waals surface area contributed by atoms with E-state index in [-0.39, 0.29) is 10.9 Å². The third-order valence-corrected chi connectivity index (χ3v) is 4.09. The number of aromatic amines is 1. The lowest BCUT2D eigenvalue weighted by Gasteiger charge is -2.08. The number of hydrogen-bond donors (Lipinski definition) is 1. The molecule has 0 aliphatic heterocycles. The normalized spacial score (nSPS) is 11.2. The minimum atomic E-state index is -0.889. The molecule has 1 aromatic heterocycles. The molecule has 0 bridgehead atoms. The molecule has 0 saturated heterocycles. The smallest absolute Gasteiger partial charge is 0.200 e. The zero-order valence-corrected chi connectivity index (χ0v) is 13.4. The first-order valence-corrected chi connectivity index (χ1v) is 7.77. The molecule has 6 heteroatoms. The Labute approximate surface area is 145 Å². The van der Waals surface area contributed by atoms with E-state index in [1.807, 2.05) is 0 Å². The quantitative estimate of drug-likeness (QED) is 0.488. The summed E-state index contributed by atoms with van der Waals surface area (Å²) in [5.41, 5.74) is 0.0203. The standard InChI is InChI=1S/C19H10ClF2NO2/c20-10-1-3-12(4-2-10)25-13-5-6-14-16(9-13)23-17-8-11(21)7-15(22)18(17)19(14)24/h1-9H,(H,23,24). The molecule has 0 radical (unpaired) electrons. The van der Waals surface area contributed by atoms with Crippen LogP contribution in [0.3, 0.4) is 0 Å². The maximum atomic E-state index is 13.9. The largest absolute Gasteiger partial charge is 0.457 e. The number of rotatable bonds is 2. The molecule has 1 heterocycles. The predicted octanol–water partition coefficient (Wildman–Crippen LogP) is 5.41. The lowest BCUT2D eigenvalue weighted by Crippen LogP contribution is -2.06. The van der Waals surface area contributed by atoms with E-state index < -0.39 is 17.1 Å². The van der Waals surface area contributed by atoms with Gasteiger partial charge >= 0.3 is 0 Å². The summed E-state index contributed by atoms with van der Waals surface area (Å²) in [6.45, 7) is 0. The summed E-state index contributed by atoms with van der Waals surface area (Å²) in [5, 5.41) is 0.715. The van der Waals surface area contributed by atoms with Crippen molar-refractivity contribution in [2.24, 2.45) is 0 Å². The lowest BCUT2D eigenvalue weighted by atomic mass is 10.1. The molecule has 0 fully saturated rings. The van der Waals surface area contributed by atoms with Gasteiger partial charge in [0.25, 0.3) is 0 Å². The number of nitrogens with one attached hydrogen (secondary N) is 1. The Kier molecular flexibility index (Phi) is 3.66. The zero-order chi connectivity index (χ0) is 17.6. The fraction of sp³-hybridized carbons (Fsp3) is 0. The van der Waals surface area contributed by atoms with Crippen LogP contribution in [-0.2, 0) is 0 Å². The first-order chi connectivity index (χ1) is 12.0. The van der Waals surface area contributed by atoms with Crippen molar-refractivity contribution in [2.75, 3.05) is 0 Å². The molecule has 4 aromatic rings. The minimum absolute atomic E-state index is 0.0960. The summed E-state index contributed by atoms with van der Waals surface area (Å²) in [5.74, 6) is -0.598. The van der Waals surface area contributed by atoms with Gasteiger partial charge in [-0.1, -0.05) is 11.6 Å². The number of pyridine rings is 1. The van der Waals surface area contributed by atoms with Crippen LogP contribution in [0.1, 0.15) is 0 Å². The Morgan fingerprint density at radius 1 is 0.880 bits per heavy atom. The van der Waals surface area contributed by atoms with Crippen molar-refractivity contribution in [1.82, 2.24) is 4.98 Å². The van der Waals surface area contributed by atoms with Crippen LogP contribution in [0.15, 0.2) is 59.4 Å². The van der Waals surface area contributed by atoms with Crippen LogP contribution < -0.4 is 10.2 Å². The SMILES string of the molecule is O=c1c2ccc(Oc3ccc(Cl)cc3)cc2[nH]c2cc(F)cc(F)c12. The van der Waals surface area contributed by atoms with Crippen molar-refractivity contribution in [3.63, 3.8) is 0 Å². The van der Waals surface area contributed by atoms with Crippen LogP contribution in [0.5, 0.6) is 11.5 Å². The average Bonchev–Trinajstić information content (AvgIpc) is 2.56. The first kappa shape index (κ1) is 15.6. The Morgan fingerprint density at radius 3 is 2.36 bits per heavy atom. The van der Waals surface area contributed by atoms with E-state index in [9.17, 15) is 13.6 Å². The summed E-state index contributed by atoms with van der Waals surface area (Å²) in [4.78, 5) is 15.4. The number of ether oxygens (including phenoxy) is 1. The molecule has 0 aliphatic carbocycles. The second-order valence-corrected chi connectivity index (χ2v) is 5.96. The van der Waals surface area contributed by atoms with Crippen molar-refractivity contribution in [3.05, 3.63) is 81.5 Å². The maximum Gasteiger partial charge on any atom is 0.200 e. The van der Waals surface area contributed by atoms with E-state index in [4.69, 9.17) is 16.3 Å². The molecule has 25 heavy (non-hydrogen) atoms. The van der Waals surface area contributed by atoms with E-state index in [0.717, 1.165) is 6.07 Å². The van der Waals surface area contributed by atoms with Crippen LogP contribution in [0, 0.1) is 11.6 Å². The van der Waals surface area contributed by atoms with Gasteiger partial charge in [-0.25, -0.2) is 8.78 Å². The molecule has 3 nitrogen and oxygen atoms in total. The highest BCUT2D eigenvalue weighted by molar-refractivity contribution is 6.30. The third-order valence-electron chi connectivity index (χ3n) is 3.84. The highest BCUT2D eigenvalue weighted by Gasteiger charge is 2.12. The highest BCUT2D eigenvalue weighted by Crippen LogP contribution is 2.26.